The summed E-state index contributed by atoms with van der Waals surface area (Å²) in [7, 11) is 0. The number of furan rings is 1. The summed E-state index contributed by atoms with van der Waals surface area (Å²) in [4.78, 5) is 0. The summed E-state index contributed by atoms with van der Waals surface area (Å²) in [5, 5.41) is 0. The van der Waals surface area contributed by atoms with E-state index in [0.29, 0.717) is 0 Å². The highest BCUT2D eigenvalue weighted by Crippen LogP contribution is 2.41. The summed E-state index contributed by atoms with van der Waals surface area (Å²) < 4.78 is 44.5. The molecule has 0 amide bonds. The van der Waals surface area contributed by atoms with Crippen LogP contribution in [0.2, 0.25) is 0 Å². The van der Waals surface area contributed by atoms with E-state index in [9.17, 15) is 13.2 Å². The van der Waals surface area contributed by atoms with Crippen molar-refractivity contribution < 1.29 is 17.6 Å². The van der Waals surface area contributed by atoms with Gasteiger partial charge in [0.25, 0.3) is 0 Å². The first-order chi connectivity index (χ1) is 12.7. The van der Waals surface area contributed by atoms with Crippen LogP contribution in [0.3, 0.4) is 0 Å². The van der Waals surface area contributed by atoms with E-state index in [1.54, 1.807) is 12.1 Å². The molecule has 4 rings (SSSR count). The molecule has 138 valence electrons. The van der Waals surface area contributed by atoms with Crippen molar-refractivity contribution >= 4 is 11.6 Å². The molecule has 0 unspecified atom stereocenters. The fraction of sp³-hybridized carbons (Fsp3) is 0.217. The summed E-state index contributed by atoms with van der Waals surface area (Å²) in [5.41, 5.74) is 6.73. The first-order valence-corrected chi connectivity index (χ1v) is 8.82. The highest BCUT2D eigenvalue weighted by molar-refractivity contribution is 5.94. The van der Waals surface area contributed by atoms with Gasteiger partial charge in [-0.3, -0.25) is 0 Å². The Morgan fingerprint density at radius 2 is 1.63 bits per heavy atom. The minimum absolute atomic E-state index is 0.629. The molecule has 0 saturated heterocycles. The largest absolute Gasteiger partial charge is 0.462 e. The molecule has 0 N–H and O–H groups in total. The molecule has 0 atom stereocenters. The fourth-order valence-electron chi connectivity index (χ4n) is 3.71. The fourth-order valence-corrected chi connectivity index (χ4v) is 3.71. The van der Waals surface area contributed by atoms with Crippen LogP contribution in [-0.4, -0.2) is 0 Å². The maximum absolute atomic E-state index is 12.9. The van der Waals surface area contributed by atoms with Crippen LogP contribution in [0.4, 0.5) is 13.2 Å². The standard InChI is InChI=1S/C23H19F3O/c1-13-10-17-11-18(21-9-4-14(2)27-21)12-20(17)22(15(13)3)16-5-7-19(8-6-16)23(24,25)26/h4-10,12H,11H2,1-3H3. The van der Waals surface area contributed by atoms with E-state index < -0.39 is 11.7 Å². The lowest BCUT2D eigenvalue weighted by molar-refractivity contribution is -0.137. The number of hydrogen-bond donors (Lipinski definition) is 0. The van der Waals surface area contributed by atoms with Crippen LogP contribution >= 0.6 is 0 Å². The minimum Gasteiger partial charge on any atom is -0.462 e. The number of aryl methyl sites for hydroxylation is 2. The zero-order chi connectivity index (χ0) is 19.3. The monoisotopic (exact) mass is 368 g/mol. The summed E-state index contributed by atoms with van der Waals surface area (Å²) in [6.07, 6.45) is -1.46. The molecule has 1 aromatic heterocycles. The normalized spacial score (nSPS) is 13.6. The van der Waals surface area contributed by atoms with Crippen molar-refractivity contribution in [3.05, 3.63) is 81.8 Å². The third-order valence-electron chi connectivity index (χ3n) is 5.23. The number of fused-ring (bicyclic) bond motifs is 1. The lowest BCUT2D eigenvalue weighted by Crippen LogP contribution is -2.04. The number of hydrogen-bond acceptors (Lipinski definition) is 1. The van der Waals surface area contributed by atoms with Crippen LogP contribution in [-0.2, 0) is 12.6 Å². The smallest absolute Gasteiger partial charge is 0.416 e. The van der Waals surface area contributed by atoms with Gasteiger partial charge in [0.2, 0.25) is 0 Å². The molecule has 0 fully saturated rings. The third-order valence-corrected chi connectivity index (χ3v) is 5.23. The molecule has 0 aliphatic heterocycles. The number of rotatable bonds is 2. The SMILES string of the molecule is Cc1ccc(C2=Cc3c(cc(C)c(C)c3-c3ccc(C(F)(F)F)cc3)C2)o1. The second-order valence-electron chi connectivity index (χ2n) is 7.10. The summed E-state index contributed by atoms with van der Waals surface area (Å²) in [6, 6.07) is 11.5. The number of alkyl halides is 3. The molecule has 3 aromatic rings. The molecule has 0 spiro atoms. The van der Waals surface area contributed by atoms with Crippen LogP contribution in [0.25, 0.3) is 22.8 Å². The van der Waals surface area contributed by atoms with Gasteiger partial charge in [-0.25, -0.2) is 0 Å². The first kappa shape index (κ1) is 17.7. The first-order valence-electron chi connectivity index (χ1n) is 8.82. The van der Waals surface area contributed by atoms with Gasteiger partial charge in [-0.05, 0) is 90.1 Å². The second kappa shape index (κ2) is 6.15. The maximum atomic E-state index is 12.9. The van der Waals surface area contributed by atoms with Gasteiger partial charge in [0.15, 0.2) is 0 Å². The molecule has 2 aromatic carbocycles. The Hall–Kier alpha value is -2.75. The van der Waals surface area contributed by atoms with Crippen molar-refractivity contribution in [2.45, 2.75) is 33.4 Å². The van der Waals surface area contributed by atoms with Gasteiger partial charge >= 0.3 is 6.18 Å². The second-order valence-corrected chi connectivity index (χ2v) is 7.10. The van der Waals surface area contributed by atoms with Gasteiger partial charge in [-0.15, -0.1) is 0 Å². The molecule has 0 saturated carbocycles. The minimum atomic E-state index is -4.33. The Kier molecular flexibility index (Phi) is 4.02. The zero-order valence-corrected chi connectivity index (χ0v) is 15.4. The Labute approximate surface area is 156 Å². The van der Waals surface area contributed by atoms with Crippen molar-refractivity contribution in [1.82, 2.24) is 0 Å². The summed E-state index contributed by atoms with van der Waals surface area (Å²) in [6.45, 7) is 5.97. The van der Waals surface area contributed by atoms with Gasteiger partial charge in [-0.2, -0.15) is 13.2 Å². The number of allylic oxidation sites excluding steroid dienone is 1. The molecule has 0 radical (unpaired) electrons. The average molecular weight is 368 g/mol. The van der Waals surface area contributed by atoms with Crippen LogP contribution in [0.1, 0.15) is 39.3 Å². The Morgan fingerprint density at radius 3 is 2.22 bits per heavy atom. The number of benzene rings is 2. The van der Waals surface area contributed by atoms with E-state index in [2.05, 4.69) is 12.1 Å². The topological polar surface area (TPSA) is 13.1 Å². The third kappa shape index (κ3) is 3.09. The van der Waals surface area contributed by atoms with Gasteiger partial charge < -0.3 is 4.42 Å². The molecular weight excluding hydrogens is 349 g/mol. The molecule has 1 aliphatic rings. The summed E-state index contributed by atoms with van der Waals surface area (Å²) >= 11 is 0. The Morgan fingerprint density at radius 1 is 0.926 bits per heavy atom. The van der Waals surface area contributed by atoms with Gasteiger partial charge in [-0.1, -0.05) is 18.2 Å². The molecule has 1 aliphatic carbocycles. The molecule has 27 heavy (non-hydrogen) atoms. The molecule has 1 heterocycles. The van der Waals surface area contributed by atoms with E-state index in [0.717, 1.165) is 63.5 Å². The Balaban J connectivity index is 1.84. The zero-order valence-electron chi connectivity index (χ0n) is 15.4. The number of halogens is 3. The lowest BCUT2D eigenvalue weighted by Gasteiger charge is -2.15. The highest BCUT2D eigenvalue weighted by Gasteiger charge is 2.30. The van der Waals surface area contributed by atoms with E-state index in [-0.39, 0.29) is 0 Å². The quantitative estimate of drug-likeness (QED) is 0.475. The molecule has 1 nitrogen and oxygen atoms in total. The van der Waals surface area contributed by atoms with Crippen molar-refractivity contribution in [2.75, 3.05) is 0 Å². The van der Waals surface area contributed by atoms with E-state index in [1.807, 2.05) is 32.9 Å². The molecular formula is C23H19F3O. The van der Waals surface area contributed by atoms with E-state index >= 15 is 0 Å². The molecule has 0 bridgehead atoms. The van der Waals surface area contributed by atoms with Crippen LogP contribution in [0, 0.1) is 20.8 Å². The van der Waals surface area contributed by atoms with Crippen molar-refractivity contribution in [3.8, 4) is 11.1 Å². The average Bonchev–Trinajstić information content (AvgIpc) is 3.21. The highest BCUT2D eigenvalue weighted by atomic mass is 19.4. The van der Waals surface area contributed by atoms with Crippen molar-refractivity contribution in [3.63, 3.8) is 0 Å². The van der Waals surface area contributed by atoms with Gasteiger partial charge in [0.05, 0.1) is 5.56 Å². The predicted molar refractivity (Wildman–Crippen MR) is 101 cm³/mol. The van der Waals surface area contributed by atoms with Gasteiger partial charge in [0.1, 0.15) is 11.5 Å². The van der Waals surface area contributed by atoms with Gasteiger partial charge in [0, 0.05) is 6.42 Å². The molecule has 4 heteroatoms. The predicted octanol–water partition coefficient (Wildman–Crippen LogP) is 6.99. The maximum Gasteiger partial charge on any atom is 0.416 e. The summed E-state index contributed by atoms with van der Waals surface area (Å²) in [5.74, 6) is 1.70. The lowest BCUT2D eigenvalue weighted by atomic mass is 9.89. The Bertz CT molecular complexity index is 1050. The van der Waals surface area contributed by atoms with Crippen molar-refractivity contribution in [2.24, 2.45) is 0 Å². The van der Waals surface area contributed by atoms with Crippen LogP contribution < -0.4 is 0 Å². The van der Waals surface area contributed by atoms with Crippen LogP contribution in [0.5, 0.6) is 0 Å². The van der Waals surface area contributed by atoms with Crippen LogP contribution in [0.15, 0.2) is 46.9 Å². The van der Waals surface area contributed by atoms with E-state index in [1.165, 1.54) is 5.56 Å². The van der Waals surface area contributed by atoms with E-state index in [4.69, 9.17) is 4.42 Å². The van der Waals surface area contributed by atoms with Crippen molar-refractivity contribution in [1.29, 1.82) is 0 Å².